The van der Waals surface area contributed by atoms with Gasteiger partial charge in [-0.15, -0.1) is 0 Å². The van der Waals surface area contributed by atoms with Crippen molar-refractivity contribution in [2.24, 2.45) is 5.92 Å². The van der Waals surface area contributed by atoms with Gasteiger partial charge in [-0.05, 0) is 18.1 Å². The summed E-state index contributed by atoms with van der Waals surface area (Å²) < 4.78 is 4.80. The summed E-state index contributed by atoms with van der Waals surface area (Å²) in [4.78, 5) is 28.4. The second-order valence-electron chi connectivity index (χ2n) is 6.71. The Bertz CT molecular complexity index is 615. The van der Waals surface area contributed by atoms with Gasteiger partial charge in [-0.25, -0.2) is 4.79 Å². The first-order valence-electron chi connectivity index (χ1n) is 9.08. The van der Waals surface area contributed by atoms with Crippen LogP contribution in [0.4, 0.5) is 5.69 Å². The lowest BCUT2D eigenvalue weighted by atomic mass is 9.99. The molecule has 2 N–H and O–H groups in total. The van der Waals surface area contributed by atoms with Gasteiger partial charge in [-0.2, -0.15) is 0 Å². The maximum absolute atomic E-state index is 12.4. The van der Waals surface area contributed by atoms with Crippen molar-refractivity contribution in [3.63, 3.8) is 0 Å². The number of methoxy groups -OCH3 is 1. The topological polar surface area (TPSA) is 82.1 Å². The molecule has 1 aromatic carbocycles. The van der Waals surface area contributed by atoms with Crippen molar-refractivity contribution in [1.29, 1.82) is 0 Å². The number of piperazine rings is 1. The molecule has 0 radical (unpaired) electrons. The molecule has 0 spiro atoms. The summed E-state index contributed by atoms with van der Waals surface area (Å²) in [6.45, 7) is 7.05. The number of carbonyl (C=O) groups excluding carboxylic acids is 2. The SMILES string of the molecule is CC[C@H](C)[C@@H](NC(=O)CN1CCN(c2ccccc2O)CC1)C(=O)OC. The molecule has 0 saturated carbocycles. The monoisotopic (exact) mass is 363 g/mol. The summed E-state index contributed by atoms with van der Waals surface area (Å²) >= 11 is 0. The average molecular weight is 363 g/mol. The number of phenols is 1. The largest absolute Gasteiger partial charge is 0.506 e. The van der Waals surface area contributed by atoms with Crippen LogP contribution in [0.3, 0.4) is 0 Å². The van der Waals surface area contributed by atoms with Crippen molar-refractivity contribution in [2.75, 3.05) is 44.7 Å². The number of nitrogens with zero attached hydrogens (tertiary/aromatic N) is 2. The van der Waals surface area contributed by atoms with Gasteiger partial charge in [0.05, 0.1) is 19.3 Å². The predicted molar refractivity (Wildman–Crippen MR) is 100 cm³/mol. The number of carbonyl (C=O) groups is 2. The first-order valence-corrected chi connectivity index (χ1v) is 9.08. The van der Waals surface area contributed by atoms with Gasteiger partial charge in [0.1, 0.15) is 11.8 Å². The number of anilines is 1. The van der Waals surface area contributed by atoms with Crippen LogP contribution >= 0.6 is 0 Å². The first-order chi connectivity index (χ1) is 12.5. The van der Waals surface area contributed by atoms with E-state index in [-0.39, 0.29) is 24.1 Å². The van der Waals surface area contributed by atoms with Gasteiger partial charge in [-0.3, -0.25) is 9.69 Å². The van der Waals surface area contributed by atoms with Gasteiger partial charge in [0, 0.05) is 26.2 Å². The maximum Gasteiger partial charge on any atom is 0.328 e. The summed E-state index contributed by atoms with van der Waals surface area (Å²) in [5, 5.41) is 12.8. The molecule has 1 heterocycles. The Balaban J connectivity index is 1.85. The third-order valence-corrected chi connectivity index (χ3v) is 4.95. The molecule has 1 aliphatic rings. The number of para-hydroxylation sites is 2. The molecule has 1 aliphatic heterocycles. The summed E-state index contributed by atoms with van der Waals surface area (Å²) in [7, 11) is 1.34. The third kappa shape index (κ3) is 5.11. The minimum atomic E-state index is -0.611. The number of rotatable bonds is 7. The minimum absolute atomic E-state index is 0.0179. The highest BCUT2D eigenvalue weighted by Crippen LogP contribution is 2.27. The molecule has 144 valence electrons. The van der Waals surface area contributed by atoms with Gasteiger partial charge >= 0.3 is 5.97 Å². The van der Waals surface area contributed by atoms with Crippen molar-refractivity contribution in [3.8, 4) is 5.75 Å². The van der Waals surface area contributed by atoms with Gasteiger partial charge in [-0.1, -0.05) is 32.4 Å². The summed E-state index contributed by atoms with van der Waals surface area (Å²) in [6, 6.07) is 6.66. The molecule has 7 heteroatoms. The van der Waals surface area contributed by atoms with E-state index in [4.69, 9.17) is 4.74 Å². The normalized spacial score (nSPS) is 17.4. The van der Waals surface area contributed by atoms with Crippen LogP contribution in [-0.4, -0.2) is 67.8 Å². The van der Waals surface area contributed by atoms with Crippen molar-refractivity contribution in [2.45, 2.75) is 26.3 Å². The van der Waals surface area contributed by atoms with E-state index in [2.05, 4.69) is 15.1 Å². The highest BCUT2D eigenvalue weighted by molar-refractivity contribution is 5.85. The molecular weight excluding hydrogens is 334 g/mol. The molecular formula is C19H29N3O4. The molecule has 1 fully saturated rings. The second-order valence-corrected chi connectivity index (χ2v) is 6.71. The van der Waals surface area contributed by atoms with E-state index < -0.39 is 12.0 Å². The lowest BCUT2D eigenvalue weighted by Gasteiger charge is -2.36. The van der Waals surface area contributed by atoms with E-state index in [0.717, 1.165) is 25.2 Å². The van der Waals surface area contributed by atoms with Gasteiger partial charge in [0.15, 0.2) is 0 Å². The summed E-state index contributed by atoms with van der Waals surface area (Å²) in [6.07, 6.45) is 0.777. The Labute approximate surface area is 154 Å². The van der Waals surface area contributed by atoms with Gasteiger partial charge in [0.2, 0.25) is 5.91 Å². The number of benzene rings is 1. The highest BCUT2D eigenvalue weighted by Gasteiger charge is 2.28. The fourth-order valence-electron chi connectivity index (χ4n) is 3.10. The highest BCUT2D eigenvalue weighted by atomic mass is 16.5. The van der Waals surface area contributed by atoms with Gasteiger partial charge < -0.3 is 20.1 Å². The number of aromatic hydroxyl groups is 1. The predicted octanol–water partition coefficient (Wildman–Crippen LogP) is 1.22. The molecule has 7 nitrogen and oxygen atoms in total. The Morgan fingerprint density at radius 2 is 1.88 bits per heavy atom. The van der Waals surface area contributed by atoms with E-state index in [1.54, 1.807) is 12.1 Å². The number of hydrogen-bond acceptors (Lipinski definition) is 6. The fraction of sp³-hybridized carbons (Fsp3) is 0.579. The number of nitrogens with one attached hydrogen (secondary N) is 1. The number of amides is 1. The van der Waals surface area contributed by atoms with E-state index in [1.165, 1.54) is 7.11 Å². The number of phenolic OH excluding ortho intramolecular Hbond substituents is 1. The van der Waals surface area contributed by atoms with Crippen LogP contribution in [0.5, 0.6) is 5.75 Å². The quantitative estimate of drug-likeness (QED) is 0.709. The van der Waals surface area contributed by atoms with Crippen LogP contribution < -0.4 is 10.2 Å². The molecule has 2 rings (SSSR count). The summed E-state index contributed by atoms with van der Waals surface area (Å²) in [5.74, 6) is -0.286. The zero-order valence-electron chi connectivity index (χ0n) is 15.8. The van der Waals surface area contributed by atoms with Gasteiger partial charge in [0.25, 0.3) is 0 Å². The molecule has 1 amide bonds. The Hall–Kier alpha value is -2.28. The second kappa shape index (κ2) is 9.43. The molecule has 26 heavy (non-hydrogen) atoms. The molecule has 1 saturated heterocycles. The Morgan fingerprint density at radius 3 is 2.46 bits per heavy atom. The molecule has 2 atom stereocenters. The van der Waals surface area contributed by atoms with E-state index in [0.29, 0.717) is 13.1 Å². The van der Waals surface area contributed by atoms with Crippen LogP contribution in [0.25, 0.3) is 0 Å². The molecule has 1 aromatic rings. The molecule has 0 bridgehead atoms. The van der Waals surface area contributed by atoms with E-state index in [9.17, 15) is 14.7 Å². The molecule has 0 aromatic heterocycles. The molecule has 0 unspecified atom stereocenters. The third-order valence-electron chi connectivity index (χ3n) is 4.95. The fourth-order valence-corrected chi connectivity index (χ4v) is 3.10. The van der Waals surface area contributed by atoms with Crippen molar-refractivity contribution in [3.05, 3.63) is 24.3 Å². The Morgan fingerprint density at radius 1 is 1.23 bits per heavy atom. The van der Waals surface area contributed by atoms with E-state index >= 15 is 0 Å². The zero-order chi connectivity index (χ0) is 19.1. The van der Waals surface area contributed by atoms with Crippen LogP contribution in [0.15, 0.2) is 24.3 Å². The first kappa shape index (κ1) is 20.0. The standard InChI is InChI=1S/C19H29N3O4/c1-4-14(2)18(19(25)26-3)20-17(24)13-21-9-11-22(12-10-21)15-7-5-6-8-16(15)23/h5-8,14,18,23H,4,9-13H2,1-3H3,(H,20,24)/t14-,18+/m0/s1. The lowest BCUT2D eigenvalue weighted by Crippen LogP contribution is -2.52. The van der Waals surface area contributed by atoms with Crippen molar-refractivity contribution >= 4 is 17.6 Å². The van der Waals surface area contributed by atoms with Crippen LogP contribution in [0.2, 0.25) is 0 Å². The van der Waals surface area contributed by atoms with Crippen LogP contribution in [0, 0.1) is 5.92 Å². The summed E-state index contributed by atoms with van der Waals surface area (Å²) in [5.41, 5.74) is 0.819. The number of esters is 1. The maximum atomic E-state index is 12.4. The Kier molecular flexibility index (Phi) is 7.26. The lowest BCUT2D eigenvalue weighted by molar-refractivity contribution is -0.146. The number of ether oxygens (including phenoxy) is 1. The zero-order valence-corrected chi connectivity index (χ0v) is 15.8. The van der Waals surface area contributed by atoms with E-state index in [1.807, 2.05) is 26.0 Å². The van der Waals surface area contributed by atoms with Crippen LogP contribution in [0.1, 0.15) is 20.3 Å². The average Bonchev–Trinajstić information content (AvgIpc) is 2.66. The molecule has 0 aliphatic carbocycles. The minimum Gasteiger partial charge on any atom is -0.506 e. The number of hydrogen-bond donors (Lipinski definition) is 2. The van der Waals surface area contributed by atoms with Crippen LogP contribution in [-0.2, 0) is 14.3 Å². The van der Waals surface area contributed by atoms with Crippen molar-refractivity contribution in [1.82, 2.24) is 10.2 Å². The van der Waals surface area contributed by atoms with Crippen molar-refractivity contribution < 1.29 is 19.4 Å². The smallest absolute Gasteiger partial charge is 0.328 e.